The van der Waals surface area contributed by atoms with Gasteiger partial charge in [-0.15, -0.1) is 0 Å². The third-order valence-corrected chi connectivity index (χ3v) is 3.93. The molecular weight excluding hydrogens is 326 g/mol. The summed E-state index contributed by atoms with van der Waals surface area (Å²) in [7, 11) is 0. The Hall–Kier alpha value is -2.64. The Bertz CT molecular complexity index is 808. The largest absolute Gasteiger partial charge is 0.261 e. The fourth-order valence-corrected chi connectivity index (χ4v) is 2.62. The van der Waals surface area contributed by atoms with Gasteiger partial charge in [0.05, 0.1) is 0 Å². The summed E-state index contributed by atoms with van der Waals surface area (Å²) >= 11 is 5.36. The van der Waals surface area contributed by atoms with Crippen molar-refractivity contribution in [2.75, 3.05) is 0 Å². The molecule has 2 aromatic carbocycles. The maximum absolute atomic E-state index is 5.36. The number of pyridine rings is 1. The molecule has 0 aliphatic carbocycles. The van der Waals surface area contributed by atoms with Crippen molar-refractivity contribution in [1.82, 2.24) is 4.98 Å². The third kappa shape index (κ3) is 6.06. The van der Waals surface area contributed by atoms with Gasteiger partial charge < -0.3 is 0 Å². The Kier molecular flexibility index (Phi) is 7.68. The van der Waals surface area contributed by atoms with E-state index in [-0.39, 0.29) is 0 Å². The molecule has 3 aromatic rings. The molecule has 0 saturated heterocycles. The number of aromatic nitrogens is 1. The molecule has 0 aliphatic rings. The zero-order valence-electron chi connectivity index (χ0n) is 14.4. The number of halogens is 1. The lowest BCUT2D eigenvalue weighted by Crippen LogP contribution is -1.97. The third-order valence-electron chi connectivity index (χ3n) is 3.81. The van der Waals surface area contributed by atoms with Crippen molar-refractivity contribution < 1.29 is 0 Å². The molecule has 25 heavy (non-hydrogen) atoms. The molecular formula is C23H22ClN. The van der Waals surface area contributed by atoms with Crippen LogP contribution in [0.4, 0.5) is 0 Å². The van der Waals surface area contributed by atoms with Crippen molar-refractivity contribution in [2.24, 2.45) is 0 Å². The summed E-state index contributed by atoms with van der Waals surface area (Å²) in [5.41, 5.74) is 7.48. The monoisotopic (exact) mass is 347 g/mol. The lowest BCUT2D eigenvalue weighted by Gasteiger charge is -2.08. The average Bonchev–Trinajstić information content (AvgIpc) is 2.66. The molecule has 0 amide bonds. The van der Waals surface area contributed by atoms with Gasteiger partial charge in [0.15, 0.2) is 0 Å². The van der Waals surface area contributed by atoms with Crippen LogP contribution >= 0.6 is 11.6 Å². The van der Waals surface area contributed by atoms with Crippen LogP contribution in [0.2, 0.25) is 0 Å². The normalized spacial score (nSPS) is 10.2. The summed E-state index contributed by atoms with van der Waals surface area (Å²) in [5, 5.41) is 0. The SMILES string of the molecule is C=Cc1ccnc(C)c1Cc1ccccc1.ClC=Cc1ccccc1. The lowest BCUT2D eigenvalue weighted by molar-refractivity contribution is 1.07. The molecule has 2 heteroatoms. The summed E-state index contributed by atoms with van der Waals surface area (Å²) in [6.07, 6.45) is 6.50. The summed E-state index contributed by atoms with van der Waals surface area (Å²) in [6.45, 7) is 5.89. The predicted molar refractivity (Wildman–Crippen MR) is 110 cm³/mol. The van der Waals surface area contributed by atoms with E-state index in [9.17, 15) is 0 Å². The van der Waals surface area contributed by atoms with Crippen molar-refractivity contribution in [3.63, 3.8) is 0 Å². The fraction of sp³-hybridized carbons (Fsp3) is 0.0870. The minimum absolute atomic E-state index is 0.919. The molecule has 1 heterocycles. The Morgan fingerprint density at radius 1 is 0.960 bits per heavy atom. The standard InChI is InChI=1S/C15H15N.C8H7Cl/c1-3-14-9-10-16-12(2)15(14)11-13-7-5-4-6-8-13;9-7-6-8-4-2-1-3-5-8/h3-10H,1,11H2,2H3;1-7H. The summed E-state index contributed by atoms with van der Waals surface area (Å²) in [6, 6.07) is 22.4. The van der Waals surface area contributed by atoms with Crippen molar-refractivity contribution in [3.8, 4) is 0 Å². The zero-order chi connectivity index (χ0) is 17.9. The molecule has 0 atom stereocenters. The highest BCUT2D eigenvalue weighted by Gasteiger charge is 2.04. The van der Waals surface area contributed by atoms with Crippen LogP contribution in [0.15, 0.2) is 85.0 Å². The Labute approximate surface area is 155 Å². The van der Waals surface area contributed by atoms with E-state index < -0.39 is 0 Å². The molecule has 0 fully saturated rings. The van der Waals surface area contributed by atoms with E-state index >= 15 is 0 Å². The molecule has 0 saturated carbocycles. The number of hydrogen-bond donors (Lipinski definition) is 0. The van der Waals surface area contributed by atoms with Gasteiger partial charge in [-0.1, -0.05) is 84.9 Å². The van der Waals surface area contributed by atoms with E-state index in [1.54, 1.807) is 0 Å². The number of nitrogens with zero attached hydrogens (tertiary/aromatic N) is 1. The first kappa shape index (κ1) is 18.7. The van der Waals surface area contributed by atoms with Gasteiger partial charge in [0.1, 0.15) is 0 Å². The summed E-state index contributed by atoms with van der Waals surface area (Å²) in [5.74, 6) is 0. The molecule has 0 radical (unpaired) electrons. The van der Waals surface area contributed by atoms with Crippen molar-refractivity contribution in [2.45, 2.75) is 13.3 Å². The highest BCUT2D eigenvalue weighted by molar-refractivity contribution is 6.27. The minimum atomic E-state index is 0.919. The second kappa shape index (κ2) is 10.3. The van der Waals surface area contributed by atoms with E-state index in [1.807, 2.05) is 67.7 Å². The minimum Gasteiger partial charge on any atom is -0.261 e. The second-order valence-electron chi connectivity index (χ2n) is 5.53. The Morgan fingerprint density at radius 2 is 1.60 bits per heavy atom. The van der Waals surface area contributed by atoms with Crippen LogP contribution in [0, 0.1) is 6.92 Å². The maximum atomic E-state index is 5.36. The highest BCUT2D eigenvalue weighted by Crippen LogP contribution is 2.17. The van der Waals surface area contributed by atoms with Crippen LogP contribution in [0.1, 0.15) is 27.9 Å². The number of benzene rings is 2. The van der Waals surface area contributed by atoms with E-state index in [4.69, 9.17) is 11.6 Å². The Balaban J connectivity index is 0.000000212. The van der Waals surface area contributed by atoms with Crippen molar-refractivity contribution >= 4 is 23.8 Å². The van der Waals surface area contributed by atoms with Gasteiger partial charge in [-0.3, -0.25) is 4.98 Å². The molecule has 3 rings (SSSR count). The van der Waals surface area contributed by atoms with Gasteiger partial charge >= 0.3 is 0 Å². The van der Waals surface area contributed by atoms with Crippen LogP contribution in [-0.2, 0) is 6.42 Å². The summed E-state index contributed by atoms with van der Waals surface area (Å²) in [4.78, 5) is 4.34. The van der Waals surface area contributed by atoms with E-state index in [0.29, 0.717) is 0 Å². The molecule has 1 nitrogen and oxygen atoms in total. The second-order valence-corrected chi connectivity index (χ2v) is 5.79. The topological polar surface area (TPSA) is 12.9 Å². The Morgan fingerprint density at radius 3 is 2.20 bits per heavy atom. The first-order valence-corrected chi connectivity index (χ1v) is 8.61. The molecule has 0 unspecified atom stereocenters. The van der Waals surface area contributed by atoms with Crippen LogP contribution in [0.5, 0.6) is 0 Å². The number of rotatable bonds is 4. The zero-order valence-corrected chi connectivity index (χ0v) is 15.2. The van der Waals surface area contributed by atoms with E-state index in [2.05, 4.69) is 35.8 Å². The quantitative estimate of drug-likeness (QED) is 0.523. The average molecular weight is 348 g/mol. The van der Waals surface area contributed by atoms with Gasteiger partial charge in [0, 0.05) is 17.4 Å². The first-order chi connectivity index (χ1) is 12.2. The first-order valence-electron chi connectivity index (χ1n) is 8.17. The molecule has 0 spiro atoms. The number of hydrogen-bond acceptors (Lipinski definition) is 1. The van der Waals surface area contributed by atoms with Crippen LogP contribution < -0.4 is 0 Å². The van der Waals surface area contributed by atoms with Crippen LogP contribution in [0.3, 0.4) is 0 Å². The highest BCUT2D eigenvalue weighted by atomic mass is 35.5. The van der Waals surface area contributed by atoms with Gasteiger partial charge in [-0.25, -0.2) is 0 Å². The van der Waals surface area contributed by atoms with Crippen molar-refractivity contribution in [3.05, 3.63) is 113 Å². The van der Waals surface area contributed by atoms with Gasteiger partial charge in [0.2, 0.25) is 0 Å². The smallest absolute Gasteiger partial charge is 0.0413 e. The maximum Gasteiger partial charge on any atom is 0.0413 e. The van der Waals surface area contributed by atoms with Crippen LogP contribution in [0.25, 0.3) is 12.2 Å². The van der Waals surface area contributed by atoms with E-state index in [0.717, 1.165) is 17.7 Å². The predicted octanol–water partition coefficient (Wildman–Crippen LogP) is 6.52. The van der Waals surface area contributed by atoms with Gasteiger partial charge in [0.25, 0.3) is 0 Å². The fourth-order valence-electron chi connectivity index (χ4n) is 2.47. The molecule has 0 N–H and O–H groups in total. The number of aryl methyl sites for hydroxylation is 1. The van der Waals surface area contributed by atoms with Gasteiger partial charge in [-0.05, 0) is 47.7 Å². The van der Waals surface area contributed by atoms with E-state index in [1.165, 1.54) is 22.2 Å². The van der Waals surface area contributed by atoms with Gasteiger partial charge in [-0.2, -0.15) is 0 Å². The lowest BCUT2D eigenvalue weighted by atomic mass is 9.99. The molecule has 0 aliphatic heterocycles. The molecule has 0 bridgehead atoms. The van der Waals surface area contributed by atoms with Crippen LogP contribution in [-0.4, -0.2) is 4.98 Å². The molecule has 1 aromatic heterocycles. The van der Waals surface area contributed by atoms with Crippen molar-refractivity contribution in [1.29, 1.82) is 0 Å². The summed E-state index contributed by atoms with van der Waals surface area (Å²) < 4.78 is 0. The molecule has 126 valence electrons.